The first kappa shape index (κ1) is 22.0. The van der Waals surface area contributed by atoms with Gasteiger partial charge in [0.2, 0.25) is 0 Å². The largest absolute Gasteiger partial charge is 0.457 e. The van der Waals surface area contributed by atoms with Crippen LogP contribution in [0.4, 0.5) is 0 Å². The van der Waals surface area contributed by atoms with Gasteiger partial charge in [0.15, 0.2) is 0 Å². The van der Waals surface area contributed by atoms with Crippen LogP contribution in [0.1, 0.15) is 36.1 Å². The van der Waals surface area contributed by atoms with Crippen LogP contribution in [-0.4, -0.2) is 41.1 Å². The van der Waals surface area contributed by atoms with Crippen molar-refractivity contribution < 1.29 is 9.53 Å². The van der Waals surface area contributed by atoms with E-state index in [1.807, 2.05) is 51.4 Å². The van der Waals surface area contributed by atoms with Crippen molar-refractivity contribution in [3.05, 3.63) is 63.4 Å². The zero-order valence-corrected chi connectivity index (χ0v) is 18.5. The highest BCUT2D eigenvalue weighted by molar-refractivity contribution is 5.85. The minimum Gasteiger partial charge on any atom is -0.457 e. The molecule has 0 amide bonds. The summed E-state index contributed by atoms with van der Waals surface area (Å²) in [6.07, 6.45) is 0.145. The molecule has 0 aliphatic carbocycles. The lowest BCUT2D eigenvalue weighted by molar-refractivity contribution is -0.150. The monoisotopic (exact) mass is 427 g/mol. The molecule has 0 N–H and O–H groups in total. The molecule has 4 rings (SSSR count). The molecule has 0 radical (unpaired) electrons. The van der Waals surface area contributed by atoms with Gasteiger partial charge in [-0.25, -0.2) is 4.98 Å². The molecule has 1 aliphatic heterocycles. The molecule has 0 spiro atoms. The fraction of sp³-hybridized carbons (Fsp3) is 0.348. The number of hydrogen-bond acceptors (Lipinski definition) is 5. The number of ether oxygens (including phenoxy) is 1. The van der Waals surface area contributed by atoms with E-state index in [0.717, 1.165) is 33.4 Å². The van der Waals surface area contributed by atoms with Crippen molar-refractivity contribution in [1.29, 1.82) is 0 Å². The maximum atomic E-state index is 13.1. The number of esters is 1. The Balaban J connectivity index is 0.00000256. The van der Waals surface area contributed by atoms with Crippen molar-refractivity contribution in [2.24, 2.45) is 0 Å². The van der Waals surface area contributed by atoms with E-state index >= 15 is 0 Å². The zero-order chi connectivity index (χ0) is 20.7. The lowest BCUT2D eigenvalue weighted by Gasteiger charge is -2.21. The van der Waals surface area contributed by atoms with Crippen LogP contribution in [0, 0.1) is 6.92 Å². The molecule has 1 unspecified atom stereocenters. The lowest BCUT2D eigenvalue weighted by Crippen LogP contribution is -2.27. The van der Waals surface area contributed by atoms with E-state index in [1.165, 1.54) is 0 Å². The highest BCUT2D eigenvalue weighted by Crippen LogP contribution is 2.34. The van der Waals surface area contributed by atoms with E-state index < -0.39 is 6.10 Å². The number of benzene rings is 1. The minimum absolute atomic E-state index is 0. The molecule has 3 aromatic rings. The molecule has 6 nitrogen and oxygen atoms in total. The Bertz CT molecular complexity index is 1170. The quantitative estimate of drug-likeness (QED) is 0.454. The first-order chi connectivity index (χ1) is 13.9. The first-order valence-electron chi connectivity index (χ1n) is 9.86. The predicted octanol–water partition coefficient (Wildman–Crippen LogP) is 3.71. The SMILES string of the molecule is CCC(OC(=O)CN(C)C)c1cc2n(c(=O)c1C)Cc1cc3ccccc3nc1-2.Cl. The Morgan fingerprint density at radius 3 is 2.70 bits per heavy atom. The molecule has 2 aromatic heterocycles. The van der Waals surface area contributed by atoms with Crippen LogP contribution in [0.3, 0.4) is 0 Å². The molecular weight excluding hydrogens is 402 g/mol. The van der Waals surface area contributed by atoms with Gasteiger partial charge in [-0.2, -0.15) is 0 Å². The van der Waals surface area contributed by atoms with Gasteiger partial charge >= 0.3 is 5.97 Å². The van der Waals surface area contributed by atoms with Crippen LogP contribution in [0.2, 0.25) is 0 Å². The number of fused-ring (bicyclic) bond motifs is 4. The van der Waals surface area contributed by atoms with E-state index in [0.29, 0.717) is 18.5 Å². The normalized spacial score (nSPS) is 13.0. The molecule has 0 fully saturated rings. The van der Waals surface area contributed by atoms with Gasteiger partial charge in [0.25, 0.3) is 5.56 Å². The van der Waals surface area contributed by atoms with Crippen molar-refractivity contribution >= 4 is 29.3 Å². The summed E-state index contributed by atoms with van der Waals surface area (Å²) in [5.74, 6) is -0.300. The number of likely N-dealkylation sites (N-methyl/N-ethyl adjacent to an activating group) is 1. The second kappa shape index (κ2) is 8.58. The Hall–Kier alpha value is -2.70. The van der Waals surface area contributed by atoms with Gasteiger partial charge in [-0.15, -0.1) is 12.4 Å². The summed E-state index contributed by atoms with van der Waals surface area (Å²) in [7, 11) is 3.64. The second-order valence-corrected chi connectivity index (χ2v) is 7.81. The van der Waals surface area contributed by atoms with Crippen LogP contribution in [0.25, 0.3) is 22.3 Å². The summed E-state index contributed by atoms with van der Waals surface area (Å²) in [6, 6.07) is 12.0. The fourth-order valence-electron chi connectivity index (χ4n) is 3.95. The number of pyridine rings is 2. The molecule has 158 valence electrons. The van der Waals surface area contributed by atoms with Crippen molar-refractivity contribution in [3.8, 4) is 11.4 Å². The van der Waals surface area contributed by atoms with Gasteiger partial charge in [-0.3, -0.25) is 14.5 Å². The average Bonchev–Trinajstić information content (AvgIpc) is 3.04. The van der Waals surface area contributed by atoms with E-state index in [-0.39, 0.29) is 30.5 Å². The summed E-state index contributed by atoms with van der Waals surface area (Å²) in [5.41, 5.74) is 4.89. The zero-order valence-electron chi connectivity index (χ0n) is 17.6. The number of hydrogen-bond donors (Lipinski definition) is 0. The number of halogens is 1. The van der Waals surface area contributed by atoms with Crippen LogP contribution < -0.4 is 5.56 Å². The summed E-state index contributed by atoms with van der Waals surface area (Å²) in [6.45, 7) is 4.48. The smallest absolute Gasteiger partial charge is 0.320 e. The molecule has 0 bridgehead atoms. The van der Waals surface area contributed by atoms with Gasteiger partial charge in [0.05, 0.1) is 30.0 Å². The molecule has 30 heavy (non-hydrogen) atoms. The summed E-state index contributed by atoms with van der Waals surface area (Å²) in [5, 5.41) is 1.06. The van der Waals surface area contributed by atoms with Gasteiger partial charge in [-0.1, -0.05) is 25.1 Å². The highest BCUT2D eigenvalue weighted by Gasteiger charge is 2.27. The van der Waals surface area contributed by atoms with E-state index in [2.05, 4.69) is 6.07 Å². The van der Waals surface area contributed by atoms with Crippen molar-refractivity contribution in [1.82, 2.24) is 14.5 Å². The lowest BCUT2D eigenvalue weighted by atomic mass is 10.0. The third-order valence-corrected chi connectivity index (χ3v) is 5.39. The highest BCUT2D eigenvalue weighted by atomic mass is 35.5. The predicted molar refractivity (Wildman–Crippen MR) is 120 cm³/mol. The van der Waals surface area contributed by atoms with Gasteiger partial charge in [0, 0.05) is 22.1 Å². The topological polar surface area (TPSA) is 64.4 Å². The molecule has 0 saturated carbocycles. The van der Waals surface area contributed by atoms with Gasteiger partial charge in [-0.05, 0) is 45.6 Å². The van der Waals surface area contributed by atoms with Crippen molar-refractivity contribution in [2.75, 3.05) is 20.6 Å². The Kier molecular flexibility index (Phi) is 6.29. The summed E-state index contributed by atoms with van der Waals surface area (Å²) < 4.78 is 7.47. The van der Waals surface area contributed by atoms with Crippen LogP contribution in [0.5, 0.6) is 0 Å². The Morgan fingerprint density at radius 2 is 2.00 bits per heavy atom. The van der Waals surface area contributed by atoms with E-state index in [1.54, 1.807) is 16.4 Å². The maximum Gasteiger partial charge on any atom is 0.320 e. The third-order valence-electron chi connectivity index (χ3n) is 5.39. The molecular formula is C23H26ClN3O3. The number of rotatable bonds is 5. The van der Waals surface area contributed by atoms with E-state index in [4.69, 9.17) is 9.72 Å². The molecule has 1 aliphatic rings. The molecule has 7 heteroatoms. The number of para-hydroxylation sites is 1. The Labute approximate surface area is 181 Å². The molecule has 1 aromatic carbocycles. The van der Waals surface area contributed by atoms with Crippen LogP contribution in [0.15, 0.2) is 41.2 Å². The van der Waals surface area contributed by atoms with Crippen molar-refractivity contribution in [2.45, 2.75) is 32.9 Å². The molecule has 1 atom stereocenters. The fourth-order valence-corrected chi connectivity index (χ4v) is 3.95. The number of aromatic nitrogens is 2. The van der Waals surface area contributed by atoms with Crippen molar-refractivity contribution in [3.63, 3.8) is 0 Å². The molecule has 0 saturated heterocycles. The van der Waals surface area contributed by atoms with Gasteiger partial charge < -0.3 is 9.30 Å². The minimum atomic E-state index is -0.453. The number of carbonyl (C=O) groups excluding carboxylic acids is 1. The van der Waals surface area contributed by atoms with Gasteiger partial charge in [0.1, 0.15) is 6.10 Å². The third kappa shape index (κ3) is 3.85. The first-order valence-corrected chi connectivity index (χ1v) is 9.86. The second-order valence-electron chi connectivity index (χ2n) is 7.81. The standard InChI is InChI=1S/C23H25N3O3.ClH/c1-5-20(29-21(27)13-25(3)4)17-11-19-22-16(12-26(19)23(28)14(17)2)10-15-8-6-7-9-18(15)24-22;/h6-11,20H,5,12-13H2,1-4H3;1H. The van der Waals surface area contributed by atoms with Crippen LogP contribution >= 0.6 is 12.4 Å². The van der Waals surface area contributed by atoms with E-state index in [9.17, 15) is 9.59 Å². The maximum absolute atomic E-state index is 13.1. The Morgan fingerprint density at radius 1 is 1.27 bits per heavy atom. The molecule has 3 heterocycles. The summed E-state index contributed by atoms with van der Waals surface area (Å²) in [4.78, 5) is 31.9. The van der Waals surface area contributed by atoms with Crippen LogP contribution in [-0.2, 0) is 16.1 Å². The number of nitrogens with zero attached hydrogens (tertiary/aromatic N) is 3. The number of carbonyl (C=O) groups is 1. The average molecular weight is 428 g/mol. The summed E-state index contributed by atoms with van der Waals surface area (Å²) >= 11 is 0.